The normalized spacial score (nSPS) is 14.4. The number of fused-ring (bicyclic) bond motifs is 1. The van der Waals surface area contributed by atoms with Gasteiger partial charge in [-0.2, -0.15) is 12.6 Å². The SMILES string of the molecule is CC(N)C(=O)NC(CCC(=O)O)C(=O)NC(CS)C(=O)NC(Cc1c[nH]c2ccccc12)C(=O)O. The number of nitrogens with two attached hydrogens (primary N) is 1. The highest BCUT2D eigenvalue weighted by Gasteiger charge is 2.30. The van der Waals surface area contributed by atoms with E-state index in [-0.39, 0.29) is 18.6 Å². The Labute approximate surface area is 206 Å². The molecule has 0 bridgehead atoms. The van der Waals surface area contributed by atoms with Crippen LogP contribution in [0.15, 0.2) is 30.5 Å². The number of rotatable bonds is 13. The molecule has 0 aliphatic heterocycles. The molecule has 4 unspecified atom stereocenters. The number of benzene rings is 1. The molecule has 1 aromatic carbocycles. The van der Waals surface area contributed by atoms with E-state index in [0.717, 1.165) is 10.9 Å². The molecular weight excluding hydrogens is 478 g/mol. The van der Waals surface area contributed by atoms with Gasteiger partial charge in [0.25, 0.3) is 0 Å². The van der Waals surface area contributed by atoms with Crippen molar-refractivity contribution in [3.63, 3.8) is 0 Å². The van der Waals surface area contributed by atoms with E-state index in [1.54, 1.807) is 6.20 Å². The number of hydrogen-bond donors (Lipinski definition) is 8. The first kappa shape index (κ1) is 27.7. The molecule has 13 heteroatoms. The van der Waals surface area contributed by atoms with Gasteiger partial charge in [0.05, 0.1) is 6.04 Å². The van der Waals surface area contributed by atoms with Crippen LogP contribution in [0.25, 0.3) is 10.9 Å². The molecular formula is C22H29N5O7S. The molecule has 0 saturated heterocycles. The third kappa shape index (κ3) is 8.00. The molecule has 0 radical (unpaired) electrons. The van der Waals surface area contributed by atoms with Gasteiger partial charge >= 0.3 is 11.9 Å². The van der Waals surface area contributed by atoms with Gasteiger partial charge in [-0.05, 0) is 25.0 Å². The molecule has 4 atom stereocenters. The molecule has 1 aromatic heterocycles. The quantitative estimate of drug-likeness (QED) is 0.164. The van der Waals surface area contributed by atoms with Crippen molar-refractivity contribution in [2.24, 2.45) is 5.73 Å². The zero-order valence-corrected chi connectivity index (χ0v) is 19.9. The van der Waals surface area contributed by atoms with Gasteiger partial charge in [0.2, 0.25) is 17.7 Å². The van der Waals surface area contributed by atoms with Gasteiger partial charge in [-0.1, -0.05) is 18.2 Å². The predicted octanol–water partition coefficient (Wildman–Crippen LogP) is -0.609. The van der Waals surface area contributed by atoms with Crippen molar-refractivity contribution in [3.8, 4) is 0 Å². The molecule has 2 aromatic rings. The number of carboxylic acid groups (broad SMARTS) is 2. The lowest BCUT2D eigenvalue weighted by Crippen LogP contribution is -2.57. The van der Waals surface area contributed by atoms with Crippen LogP contribution in [-0.2, 0) is 30.4 Å². The lowest BCUT2D eigenvalue weighted by molar-refractivity contribution is -0.142. The lowest BCUT2D eigenvalue weighted by Gasteiger charge is -2.24. The van der Waals surface area contributed by atoms with E-state index in [9.17, 15) is 29.1 Å². The van der Waals surface area contributed by atoms with Crippen LogP contribution in [0.2, 0.25) is 0 Å². The lowest BCUT2D eigenvalue weighted by atomic mass is 10.0. The van der Waals surface area contributed by atoms with Crippen LogP contribution in [0.5, 0.6) is 0 Å². The van der Waals surface area contributed by atoms with E-state index in [4.69, 9.17) is 10.8 Å². The molecule has 0 saturated carbocycles. The fourth-order valence-electron chi connectivity index (χ4n) is 3.30. The molecule has 35 heavy (non-hydrogen) atoms. The number of carbonyl (C=O) groups excluding carboxylic acids is 3. The molecule has 1 heterocycles. The Hall–Kier alpha value is -3.58. The van der Waals surface area contributed by atoms with E-state index in [0.29, 0.717) is 5.56 Å². The zero-order chi connectivity index (χ0) is 26.1. The van der Waals surface area contributed by atoms with Crippen molar-refractivity contribution >= 4 is 53.2 Å². The van der Waals surface area contributed by atoms with E-state index >= 15 is 0 Å². The Morgan fingerprint density at radius 1 is 0.971 bits per heavy atom. The number of nitrogens with one attached hydrogen (secondary N) is 4. The number of amides is 3. The summed E-state index contributed by atoms with van der Waals surface area (Å²) in [6, 6.07) is 2.57. The van der Waals surface area contributed by atoms with Crippen LogP contribution >= 0.6 is 12.6 Å². The van der Waals surface area contributed by atoms with Crippen LogP contribution in [0, 0.1) is 0 Å². The van der Waals surface area contributed by atoms with E-state index < -0.39 is 60.2 Å². The summed E-state index contributed by atoms with van der Waals surface area (Å²) in [4.78, 5) is 63.2. The molecule has 3 amide bonds. The second kappa shape index (κ2) is 12.8. The summed E-state index contributed by atoms with van der Waals surface area (Å²) in [5.41, 5.74) is 7.00. The second-order valence-electron chi connectivity index (χ2n) is 7.99. The summed E-state index contributed by atoms with van der Waals surface area (Å²) in [5, 5.41) is 26.5. The van der Waals surface area contributed by atoms with Crippen molar-refractivity contribution in [1.29, 1.82) is 0 Å². The number of para-hydroxylation sites is 1. The van der Waals surface area contributed by atoms with Crippen molar-refractivity contribution in [2.75, 3.05) is 5.75 Å². The second-order valence-corrected chi connectivity index (χ2v) is 8.35. The molecule has 0 spiro atoms. The maximum absolute atomic E-state index is 12.8. The number of carbonyl (C=O) groups is 5. The monoisotopic (exact) mass is 507 g/mol. The summed E-state index contributed by atoms with van der Waals surface area (Å²) in [6.07, 6.45) is 1.00. The van der Waals surface area contributed by atoms with Crippen molar-refractivity contribution in [3.05, 3.63) is 36.0 Å². The van der Waals surface area contributed by atoms with Crippen molar-refractivity contribution in [2.45, 2.75) is 50.4 Å². The topological polar surface area (TPSA) is 204 Å². The minimum absolute atomic E-state index is 0.00991. The first-order valence-electron chi connectivity index (χ1n) is 10.8. The van der Waals surface area contributed by atoms with E-state index in [1.165, 1.54) is 6.92 Å². The van der Waals surface area contributed by atoms with Gasteiger partial charge in [-0.3, -0.25) is 19.2 Å². The van der Waals surface area contributed by atoms with Crippen LogP contribution in [0.1, 0.15) is 25.3 Å². The molecule has 2 rings (SSSR count). The van der Waals surface area contributed by atoms with Crippen molar-refractivity contribution in [1.82, 2.24) is 20.9 Å². The van der Waals surface area contributed by atoms with E-state index in [2.05, 4.69) is 33.6 Å². The number of hydrogen-bond acceptors (Lipinski definition) is 7. The summed E-state index contributed by atoms with van der Waals surface area (Å²) < 4.78 is 0. The highest BCUT2D eigenvalue weighted by atomic mass is 32.1. The Morgan fingerprint density at radius 2 is 1.57 bits per heavy atom. The number of aromatic nitrogens is 1. The number of aromatic amines is 1. The van der Waals surface area contributed by atoms with Crippen molar-refractivity contribution < 1.29 is 34.2 Å². The maximum atomic E-state index is 12.8. The first-order valence-corrected chi connectivity index (χ1v) is 11.4. The van der Waals surface area contributed by atoms with Gasteiger partial charge in [0, 0.05) is 35.7 Å². The van der Waals surface area contributed by atoms with Gasteiger partial charge in [-0.15, -0.1) is 0 Å². The van der Waals surface area contributed by atoms with E-state index in [1.807, 2.05) is 24.3 Å². The number of carboxylic acids is 2. The first-order chi connectivity index (χ1) is 16.5. The molecule has 8 N–H and O–H groups in total. The average Bonchev–Trinajstić information content (AvgIpc) is 3.21. The smallest absolute Gasteiger partial charge is 0.326 e. The Morgan fingerprint density at radius 3 is 2.17 bits per heavy atom. The summed E-state index contributed by atoms with van der Waals surface area (Å²) in [5.74, 6) is -4.91. The fourth-order valence-corrected chi connectivity index (χ4v) is 3.56. The molecule has 0 aliphatic carbocycles. The van der Waals surface area contributed by atoms with Crippen LogP contribution in [0.4, 0.5) is 0 Å². The predicted molar refractivity (Wildman–Crippen MR) is 130 cm³/mol. The Kier molecular flexibility index (Phi) is 10.1. The number of thiol groups is 1. The minimum atomic E-state index is -1.29. The number of H-pyrrole nitrogens is 1. The van der Waals surface area contributed by atoms with Gasteiger partial charge in [0.15, 0.2) is 0 Å². The standard InChI is InChI=1S/C22H29N5O7S/c1-11(23)19(30)25-15(6-7-18(28)29)20(31)27-17(10-35)21(32)26-16(22(33)34)8-12-9-24-14-5-3-2-4-13(12)14/h2-5,9,11,15-17,24,35H,6-8,10,23H2,1H3,(H,25,30)(H,26,32)(H,27,31)(H,28,29)(H,33,34). The largest absolute Gasteiger partial charge is 0.481 e. The zero-order valence-electron chi connectivity index (χ0n) is 19.0. The fraction of sp³-hybridized carbons (Fsp3) is 0.409. The number of aliphatic carboxylic acids is 2. The minimum Gasteiger partial charge on any atom is -0.481 e. The van der Waals surface area contributed by atoms with Crippen LogP contribution < -0.4 is 21.7 Å². The summed E-state index contributed by atoms with van der Waals surface area (Å²) in [7, 11) is 0. The molecule has 12 nitrogen and oxygen atoms in total. The Bertz CT molecular complexity index is 1090. The Balaban J connectivity index is 2.10. The molecule has 0 aliphatic rings. The summed E-state index contributed by atoms with van der Waals surface area (Å²) >= 11 is 4.07. The molecule has 190 valence electrons. The highest BCUT2D eigenvalue weighted by Crippen LogP contribution is 2.19. The highest BCUT2D eigenvalue weighted by molar-refractivity contribution is 7.80. The van der Waals surface area contributed by atoms with Gasteiger partial charge < -0.3 is 36.9 Å². The third-order valence-corrected chi connectivity index (χ3v) is 5.59. The summed E-state index contributed by atoms with van der Waals surface area (Å²) in [6.45, 7) is 1.39. The third-order valence-electron chi connectivity index (χ3n) is 5.22. The average molecular weight is 508 g/mol. The van der Waals surface area contributed by atoms with Gasteiger partial charge in [-0.25, -0.2) is 4.79 Å². The molecule has 0 fully saturated rings. The van der Waals surface area contributed by atoms with Crippen LogP contribution in [0.3, 0.4) is 0 Å². The van der Waals surface area contributed by atoms with Crippen LogP contribution in [-0.4, -0.2) is 74.8 Å². The maximum Gasteiger partial charge on any atom is 0.326 e. The van der Waals surface area contributed by atoms with Gasteiger partial charge in [0.1, 0.15) is 18.1 Å².